The summed E-state index contributed by atoms with van der Waals surface area (Å²) in [6, 6.07) is 9.20. The number of hydrogen-bond acceptors (Lipinski definition) is 5. The largest absolute Gasteiger partial charge is 0.494 e. The smallest absolute Gasteiger partial charge is 0.333 e. The van der Waals surface area contributed by atoms with Crippen molar-refractivity contribution in [3.8, 4) is 11.9 Å². The van der Waals surface area contributed by atoms with Gasteiger partial charge in [0.25, 0.3) is 5.56 Å². The summed E-state index contributed by atoms with van der Waals surface area (Å²) in [5, 5.41) is 19.5. The van der Waals surface area contributed by atoms with Gasteiger partial charge in [-0.1, -0.05) is 24.3 Å². The second-order valence-electron chi connectivity index (χ2n) is 5.50. The van der Waals surface area contributed by atoms with Crippen molar-refractivity contribution in [2.24, 2.45) is 19.1 Å². The zero-order valence-corrected chi connectivity index (χ0v) is 13.4. The van der Waals surface area contributed by atoms with Crippen LogP contribution < -0.4 is 11.2 Å². The molecule has 1 aliphatic heterocycles. The molecule has 0 amide bonds. The molecule has 24 heavy (non-hydrogen) atoms. The van der Waals surface area contributed by atoms with Gasteiger partial charge in [-0.25, -0.2) is 9.79 Å². The Balaban J connectivity index is 2.44. The molecule has 3 rings (SSSR count). The molecule has 0 fully saturated rings. The number of nitrogens with zero attached hydrogens (tertiary/aromatic N) is 4. The molecule has 1 aromatic carbocycles. The van der Waals surface area contributed by atoms with Crippen LogP contribution in [0.4, 0.5) is 0 Å². The molecule has 1 N–H and O–H groups in total. The number of hydrogen-bond donors (Lipinski definition) is 1. The molecule has 0 saturated heterocycles. The Morgan fingerprint density at radius 3 is 2.42 bits per heavy atom. The van der Waals surface area contributed by atoms with Gasteiger partial charge in [-0.15, -0.1) is 0 Å². The molecule has 0 radical (unpaired) electrons. The number of nitriles is 1. The molecule has 2 aromatic rings. The first-order valence-electron chi connectivity index (χ1n) is 7.17. The van der Waals surface area contributed by atoms with E-state index in [2.05, 4.69) is 11.1 Å². The van der Waals surface area contributed by atoms with Crippen LogP contribution in [0, 0.1) is 11.3 Å². The fraction of sp³-hybridized carbons (Fsp3) is 0.176. The topological polar surface area (TPSA) is 100 Å². The Hall–Kier alpha value is -3.40. The monoisotopic (exact) mass is 322 g/mol. The Morgan fingerprint density at radius 2 is 1.79 bits per heavy atom. The van der Waals surface area contributed by atoms with Gasteiger partial charge in [-0.3, -0.25) is 13.9 Å². The van der Waals surface area contributed by atoms with Gasteiger partial charge in [0.05, 0.1) is 23.1 Å². The molecule has 0 bridgehead atoms. The van der Waals surface area contributed by atoms with E-state index in [1.807, 2.05) is 0 Å². The average molecular weight is 322 g/mol. The molecule has 7 heteroatoms. The van der Waals surface area contributed by atoms with Crippen LogP contribution in [0.2, 0.25) is 0 Å². The summed E-state index contributed by atoms with van der Waals surface area (Å²) in [7, 11) is 2.71. The van der Waals surface area contributed by atoms with Gasteiger partial charge in [0, 0.05) is 25.2 Å². The molecule has 0 unspecified atom stereocenters. The SMILES string of the molecule is C/C(C#N)=C1\N=C(c2c(O)n(C)c(=O)n(C)c2=O)c2ccccc21. The molecular weight excluding hydrogens is 308 g/mol. The van der Waals surface area contributed by atoms with Crippen molar-refractivity contribution in [2.75, 3.05) is 0 Å². The maximum absolute atomic E-state index is 12.5. The quantitative estimate of drug-likeness (QED) is 0.788. The molecule has 0 aliphatic carbocycles. The average Bonchev–Trinajstić information content (AvgIpc) is 2.97. The zero-order valence-electron chi connectivity index (χ0n) is 13.4. The van der Waals surface area contributed by atoms with E-state index in [1.165, 1.54) is 14.1 Å². The van der Waals surface area contributed by atoms with Crippen LogP contribution in [0.3, 0.4) is 0 Å². The van der Waals surface area contributed by atoms with Crippen LogP contribution >= 0.6 is 0 Å². The van der Waals surface area contributed by atoms with Gasteiger partial charge in [0.2, 0.25) is 5.88 Å². The van der Waals surface area contributed by atoms with Crippen LogP contribution in [-0.2, 0) is 14.1 Å². The van der Waals surface area contributed by atoms with E-state index in [1.54, 1.807) is 31.2 Å². The first-order valence-corrected chi connectivity index (χ1v) is 7.17. The Bertz CT molecular complexity index is 1090. The van der Waals surface area contributed by atoms with Gasteiger partial charge in [0.15, 0.2) is 0 Å². The molecule has 7 nitrogen and oxygen atoms in total. The summed E-state index contributed by atoms with van der Waals surface area (Å²) in [6.45, 7) is 1.64. The summed E-state index contributed by atoms with van der Waals surface area (Å²) >= 11 is 0. The van der Waals surface area contributed by atoms with Crippen LogP contribution in [0.5, 0.6) is 5.88 Å². The van der Waals surface area contributed by atoms with Crippen molar-refractivity contribution in [3.63, 3.8) is 0 Å². The highest BCUT2D eigenvalue weighted by Crippen LogP contribution is 2.33. The number of benzene rings is 1. The lowest BCUT2D eigenvalue weighted by Gasteiger charge is -2.10. The number of fused-ring (bicyclic) bond motifs is 1. The van der Waals surface area contributed by atoms with Gasteiger partial charge in [0.1, 0.15) is 5.56 Å². The third-order valence-electron chi connectivity index (χ3n) is 4.05. The first-order chi connectivity index (χ1) is 11.4. The van der Waals surface area contributed by atoms with E-state index in [9.17, 15) is 20.0 Å². The number of rotatable bonds is 1. The fourth-order valence-electron chi connectivity index (χ4n) is 2.70. The number of aromatic nitrogens is 2. The summed E-state index contributed by atoms with van der Waals surface area (Å²) < 4.78 is 1.90. The Labute approximate surface area is 137 Å². The summed E-state index contributed by atoms with van der Waals surface area (Å²) in [5.41, 5.74) is 1.13. The van der Waals surface area contributed by atoms with Crippen molar-refractivity contribution >= 4 is 11.4 Å². The van der Waals surface area contributed by atoms with Gasteiger partial charge < -0.3 is 5.11 Å². The van der Waals surface area contributed by atoms with E-state index < -0.39 is 17.1 Å². The standard InChI is InChI=1S/C17H14N4O3/c1-9(8-18)13-10-6-4-5-7-11(10)14(19-13)12-15(22)20(2)17(24)21(3)16(12)23/h4-7,22H,1-3H3/b13-9+. The van der Waals surface area contributed by atoms with E-state index >= 15 is 0 Å². The lowest BCUT2D eigenvalue weighted by atomic mass is 9.99. The fourth-order valence-corrected chi connectivity index (χ4v) is 2.70. The van der Waals surface area contributed by atoms with Crippen LogP contribution in [0.15, 0.2) is 44.4 Å². The van der Waals surface area contributed by atoms with Crippen molar-refractivity contribution in [2.45, 2.75) is 6.92 Å². The Kier molecular flexibility index (Phi) is 3.45. The zero-order chi connectivity index (χ0) is 17.6. The van der Waals surface area contributed by atoms with Crippen LogP contribution in [0.25, 0.3) is 5.70 Å². The lowest BCUT2D eigenvalue weighted by Crippen LogP contribution is -2.40. The molecular formula is C17H14N4O3. The molecule has 0 spiro atoms. The highest BCUT2D eigenvalue weighted by molar-refractivity contribution is 6.21. The third kappa shape index (κ3) is 2.01. The van der Waals surface area contributed by atoms with E-state index in [0.29, 0.717) is 22.4 Å². The van der Waals surface area contributed by atoms with Crippen LogP contribution in [0.1, 0.15) is 23.6 Å². The lowest BCUT2D eigenvalue weighted by molar-refractivity contribution is 0.410. The summed E-state index contributed by atoms with van der Waals surface area (Å²) in [6.07, 6.45) is 0. The van der Waals surface area contributed by atoms with E-state index in [4.69, 9.17) is 0 Å². The molecule has 0 atom stereocenters. The Morgan fingerprint density at radius 1 is 1.17 bits per heavy atom. The van der Waals surface area contributed by atoms with Crippen molar-refractivity contribution in [1.29, 1.82) is 5.26 Å². The molecule has 1 aromatic heterocycles. The highest BCUT2D eigenvalue weighted by atomic mass is 16.3. The minimum atomic E-state index is -0.639. The third-order valence-corrected chi connectivity index (χ3v) is 4.05. The molecule has 0 saturated carbocycles. The minimum absolute atomic E-state index is 0.0622. The maximum atomic E-state index is 12.5. The number of aliphatic imine (C=N–C) groups is 1. The first kappa shape index (κ1) is 15.5. The van der Waals surface area contributed by atoms with Crippen molar-refractivity contribution < 1.29 is 5.11 Å². The summed E-state index contributed by atoms with van der Waals surface area (Å²) in [4.78, 5) is 28.9. The number of aromatic hydroxyl groups is 1. The second-order valence-corrected chi connectivity index (χ2v) is 5.50. The van der Waals surface area contributed by atoms with Gasteiger partial charge in [-0.05, 0) is 6.92 Å². The number of allylic oxidation sites excluding steroid dienone is 1. The summed E-state index contributed by atoms with van der Waals surface area (Å²) in [5.74, 6) is -0.451. The predicted octanol–water partition coefficient (Wildman–Crippen LogP) is 0.895. The van der Waals surface area contributed by atoms with Crippen LogP contribution in [-0.4, -0.2) is 20.0 Å². The molecule has 120 valence electrons. The van der Waals surface area contributed by atoms with E-state index in [-0.39, 0.29) is 11.3 Å². The van der Waals surface area contributed by atoms with Gasteiger partial charge >= 0.3 is 5.69 Å². The van der Waals surface area contributed by atoms with Gasteiger partial charge in [-0.2, -0.15) is 5.26 Å². The minimum Gasteiger partial charge on any atom is -0.494 e. The molecule has 2 heterocycles. The second kappa shape index (κ2) is 5.35. The maximum Gasteiger partial charge on any atom is 0.333 e. The highest BCUT2D eigenvalue weighted by Gasteiger charge is 2.28. The normalized spacial score (nSPS) is 14.8. The molecule has 1 aliphatic rings. The predicted molar refractivity (Wildman–Crippen MR) is 88.9 cm³/mol. The van der Waals surface area contributed by atoms with Crippen molar-refractivity contribution in [1.82, 2.24) is 9.13 Å². The van der Waals surface area contributed by atoms with E-state index in [0.717, 1.165) is 9.13 Å². The van der Waals surface area contributed by atoms with Crippen molar-refractivity contribution in [3.05, 3.63) is 67.4 Å².